The van der Waals surface area contributed by atoms with Crippen molar-refractivity contribution in [1.29, 1.82) is 0 Å². The van der Waals surface area contributed by atoms with Crippen LogP contribution in [0.1, 0.15) is 24.0 Å². The zero-order valence-corrected chi connectivity index (χ0v) is 9.63. The van der Waals surface area contributed by atoms with Crippen LogP contribution in [0.3, 0.4) is 0 Å². The van der Waals surface area contributed by atoms with Crippen LogP contribution in [0.25, 0.3) is 0 Å². The van der Waals surface area contributed by atoms with Crippen molar-refractivity contribution in [3.8, 4) is 0 Å². The molecule has 82 valence electrons. The van der Waals surface area contributed by atoms with Crippen molar-refractivity contribution in [1.82, 2.24) is 5.32 Å². The van der Waals surface area contributed by atoms with Gasteiger partial charge in [0.05, 0.1) is 5.60 Å². The molecule has 1 heterocycles. The molecule has 0 bridgehead atoms. The van der Waals surface area contributed by atoms with E-state index in [1.165, 1.54) is 0 Å². The second-order valence-electron chi connectivity index (χ2n) is 4.10. The highest BCUT2D eigenvalue weighted by Gasteiger charge is 2.32. The molecule has 15 heavy (non-hydrogen) atoms. The minimum absolute atomic E-state index is 0.648. The molecule has 0 radical (unpaired) electrons. The predicted molar refractivity (Wildman–Crippen MR) is 65.1 cm³/mol. The van der Waals surface area contributed by atoms with Crippen molar-refractivity contribution in [2.45, 2.75) is 24.2 Å². The lowest BCUT2D eigenvalue weighted by atomic mass is 9.83. The fourth-order valence-corrected chi connectivity index (χ4v) is 2.50. The molecule has 0 spiro atoms. The first-order valence-electron chi connectivity index (χ1n) is 5.38. The first-order valence-corrected chi connectivity index (χ1v) is 6.02. The third kappa shape index (κ3) is 2.19. The zero-order valence-electron chi connectivity index (χ0n) is 8.74. The number of hydrogen-bond acceptors (Lipinski definition) is 3. The smallest absolute Gasteiger partial charge is 0.0923 e. The maximum atomic E-state index is 10.6. The van der Waals surface area contributed by atoms with E-state index in [0.717, 1.165) is 37.1 Å². The molecule has 0 aromatic heterocycles. The average Bonchev–Trinajstić information content (AvgIpc) is 2.30. The van der Waals surface area contributed by atoms with E-state index in [0.29, 0.717) is 5.75 Å². The highest BCUT2D eigenvalue weighted by Crippen LogP contribution is 2.33. The molecule has 3 heteroatoms. The molecule has 0 saturated carbocycles. The van der Waals surface area contributed by atoms with Gasteiger partial charge in [-0.1, -0.05) is 24.3 Å². The normalized spacial score (nSPS) is 20.1. The van der Waals surface area contributed by atoms with E-state index in [1.807, 2.05) is 24.3 Å². The Balaban J connectivity index is 2.34. The van der Waals surface area contributed by atoms with Crippen LogP contribution < -0.4 is 5.32 Å². The molecule has 1 fully saturated rings. The number of piperidine rings is 1. The highest BCUT2D eigenvalue weighted by molar-refractivity contribution is 7.79. The Bertz CT molecular complexity index is 334. The van der Waals surface area contributed by atoms with E-state index in [2.05, 4.69) is 17.9 Å². The maximum absolute atomic E-state index is 10.6. The third-order valence-corrected chi connectivity index (χ3v) is 3.46. The van der Waals surface area contributed by atoms with Gasteiger partial charge < -0.3 is 10.4 Å². The van der Waals surface area contributed by atoms with Gasteiger partial charge in [0.25, 0.3) is 0 Å². The summed E-state index contributed by atoms with van der Waals surface area (Å²) < 4.78 is 0. The van der Waals surface area contributed by atoms with E-state index < -0.39 is 5.60 Å². The van der Waals surface area contributed by atoms with Gasteiger partial charge in [-0.15, -0.1) is 0 Å². The number of benzene rings is 1. The fraction of sp³-hybridized carbons (Fsp3) is 0.500. The number of nitrogens with one attached hydrogen (secondary N) is 1. The monoisotopic (exact) mass is 223 g/mol. The van der Waals surface area contributed by atoms with Crippen LogP contribution in [-0.2, 0) is 11.4 Å². The molecule has 1 saturated heterocycles. The molecule has 1 aromatic carbocycles. The summed E-state index contributed by atoms with van der Waals surface area (Å²) in [5.74, 6) is 0.686. The SMILES string of the molecule is OC1(c2ccccc2CS)CCNCC1. The van der Waals surface area contributed by atoms with Crippen LogP contribution in [0.15, 0.2) is 24.3 Å². The Morgan fingerprint density at radius 3 is 2.60 bits per heavy atom. The first-order chi connectivity index (χ1) is 7.26. The minimum atomic E-state index is -0.648. The van der Waals surface area contributed by atoms with E-state index >= 15 is 0 Å². The summed E-state index contributed by atoms with van der Waals surface area (Å²) in [4.78, 5) is 0. The van der Waals surface area contributed by atoms with Crippen molar-refractivity contribution in [2.24, 2.45) is 0 Å². The van der Waals surface area contributed by atoms with Gasteiger partial charge in [-0.25, -0.2) is 0 Å². The highest BCUT2D eigenvalue weighted by atomic mass is 32.1. The Kier molecular flexibility index (Phi) is 3.34. The van der Waals surface area contributed by atoms with Gasteiger partial charge in [-0.2, -0.15) is 12.6 Å². The lowest BCUT2D eigenvalue weighted by Gasteiger charge is -2.34. The van der Waals surface area contributed by atoms with Crippen LogP contribution in [0.4, 0.5) is 0 Å². The van der Waals surface area contributed by atoms with Gasteiger partial charge in [0.15, 0.2) is 0 Å². The fourth-order valence-electron chi connectivity index (χ4n) is 2.22. The van der Waals surface area contributed by atoms with E-state index in [4.69, 9.17) is 0 Å². The average molecular weight is 223 g/mol. The Hall–Kier alpha value is -0.510. The molecule has 2 N–H and O–H groups in total. The van der Waals surface area contributed by atoms with E-state index in [9.17, 15) is 5.11 Å². The Morgan fingerprint density at radius 2 is 1.93 bits per heavy atom. The maximum Gasteiger partial charge on any atom is 0.0923 e. The molecule has 0 atom stereocenters. The molecule has 0 aliphatic carbocycles. The van der Waals surface area contributed by atoms with Crippen molar-refractivity contribution in [2.75, 3.05) is 13.1 Å². The zero-order chi connectivity index (χ0) is 10.7. The molecular weight excluding hydrogens is 206 g/mol. The van der Waals surface area contributed by atoms with Gasteiger partial charge >= 0.3 is 0 Å². The summed E-state index contributed by atoms with van der Waals surface area (Å²) in [7, 11) is 0. The molecule has 0 amide bonds. The van der Waals surface area contributed by atoms with Crippen LogP contribution in [-0.4, -0.2) is 18.2 Å². The topological polar surface area (TPSA) is 32.3 Å². The number of hydrogen-bond donors (Lipinski definition) is 3. The van der Waals surface area contributed by atoms with Crippen LogP contribution in [0.2, 0.25) is 0 Å². The van der Waals surface area contributed by atoms with Gasteiger partial charge in [0, 0.05) is 5.75 Å². The summed E-state index contributed by atoms with van der Waals surface area (Å²) >= 11 is 4.31. The Labute approximate surface area is 96.1 Å². The Morgan fingerprint density at radius 1 is 1.27 bits per heavy atom. The minimum Gasteiger partial charge on any atom is -0.385 e. The molecular formula is C12H17NOS. The van der Waals surface area contributed by atoms with Crippen LogP contribution >= 0.6 is 12.6 Å². The van der Waals surface area contributed by atoms with E-state index in [-0.39, 0.29) is 0 Å². The lowest BCUT2D eigenvalue weighted by Crippen LogP contribution is -2.40. The van der Waals surface area contributed by atoms with E-state index in [1.54, 1.807) is 0 Å². The molecule has 1 aromatic rings. The number of thiol groups is 1. The van der Waals surface area contributed by atoms with Crippen molar-refractivity contribution < 1.29 is 5.11 Å². The second-order valence-corrected chi connectivity index (χ2v) is 4.41. The summed E-state index contributed by atoms with van der Waals surface area (Å²) in [5.41, 5.74) is 1.55. The third-order valence-electron chi connectivity index (χ3n) is 3.12. The molecule has 1 aliphatic rings. The second kappa shape index (κ2) is 4.56. The summed E-state index contributed by atoms with van der Waals surface area (Å²) in [6, 6.07) is 8.06. The molecule has 1 aliphatic heterocycles. The summed E-state index contributed by atoms with van der Waals surface area (Å²) in [6.45, 7) is 1.77. The van der Waals surface area contributed by atoms with Crippen molar-refractivity contribution in [3.63, 3.8) is 0 Å². The summed E-state index contributed by atoms with van der Waals surface area (Å²) in [6.07, 6.45) is 1.58. The van der Waals surface area contributed by atoms with Gasteiger partial charge in [0.2, 0.25) is 0 Å². The van der Waals surface area contributed by atoms with Crippen molar-refractivity contribution in [3.05, 3.63) is 35.4 Å². The van der Waals surface area contributed by atoms with Gasteiger partial charge in [0.1, 0.15) is 0 Å². The van der Waals surface area contributed by atoms with Crippen molar-refractivity contribution >= 4 is 12.6 Å². The predicted octanol–water partition coefficient (Wildman–Crippen LogP) is 1.69. The van der Waals surface area contributed by atoms with Gasteiger partial charge in [-0.05, 0) is 37.1 Å². The standard InChI is InChI=1S/C12H17NOS/c14-12(5-7-13-8-6-12)11-4-2-1-3-10(11)9-15/h1-4,13-15H,5-9H2. The van der Waals surface area contributed by atoms with Gasteiger partial charge in [-0.3, -0.25) is 0 Å². The number of aliphatic hydroxyl groups is 1. The quantitative estimate of drug-likeness (QED) is 0.667. The number of rotatable bonds is 2. The largest absolute Gasteiger partial charge is 0.385 e. The molecule has 2 nitrogen and oxygen atoms in total. The molecule has 2 rings (SSSR count). The first kappa shape index (κ1) is 11.0. The van der Waals surface area contributed by atoms with Crippen LogP contribution in [0.5, 0.6) is 0 Å². The summed E-state index contributed by atoms with van der Waals surface area (Å²) in [5, 5.41) is 13.8. The lowest BCUT2D eigenvalue weighted by molar-refractivity contribution is 0.00533. The molecule has 0 unspecified atom stereocenters. The van der Waals surface area contributed by atoms with Crippen LogP contribution in [0, 0.1) is 0 Å².